The Labute approximate surface area is 176 Å². The third kappa shape index (κ3) is 2.91. The van der Waals surface area contributed by atoms with Crippen LogP contribution in [0.5, 0.6) is 0 Å². The smallest absolute Gasteiger partial charge is 0.360 e. The van der Waals surface area contributed by atoms with Gasteiger partial charge in [-0.15, -0.1) is 5.10 Å². The number of hydrogen-bond donors (Lipinski definition) is 1. The van der Waals surface area contributed by atoms with Crippen molar-refractivity contribution in [2.45, 2.75) is 44.1 Å². The molecule has 6 rings (SSSR count). The molecule has 2 aromatic rings. The van der Waals surface area contributed by atoms with Crippen LogP contribution in [0.2, 0.25) is 0 Å². The molecule has 1 amide bonds. The number of aromatic nitrogens is 5. The van der Waals surface area contributed by atoms with Crippen LogP contribution in [0.3, 0.4) is 0 Å². The number of hydrogen-bond acceptors (Lipinski definition) is 6. The molecule has 4 bridgehead atoms. The van der Waals surface area contributed by atoms with Crippen molar-refractivity contribution in [2.75, 3.05) is 12.4 Å². The van der Waals surface area contributed by atoms with E-state index in [2.05, 4.69) is 36.4 Å². The van der Waals surface area contributed by atoms with Gasteiger partial charge in [-0.1, -0.05) is 0 Å². The van der Waals surface area contributed by atoms with Gasteiger partial charge in [0.15, 0.2) is 5.69 Å². The minimum Gasteiger partial charge on any atom is -0.464 e. The van der Waals surface area contributed by atoms with Crippen LogP contribution in [0.4, 0.5) is 5.69 Å². The third-order valence-electron chi connectivity index (χ3n) is 6.92. The fourth-order valence-corrected chi connectivity index (χ4v) is 6.56. The number of halogens is 1. The maximum absolute atomic E-state index is 13.6. The topological polar surface area (TPSA) is 104 Å². The van der Waals surface area contributed by atoms with Gasteiger partial charge in [0, 0.05) is 13.2 Å². The maximum atomic E-state index is 13.6. The molecule has 1 N–H and O–H groups in total. The zero-order valence-electron chi connectivity index (χ0n) is 16.4. The first kappa shape index (κ1) is 18.8. The summed E-state index contributed by atoms with van der Waals surface area (Å²) in [6, 6.07) is 0. The lowest BCUT2D eigenvalue weighted by Gasteiger charge is -2.60. The molecule has 2 unspecified atom stereocenters. The van der Waals surface area contributed by atoms with Gasteiger partial charge in [-0.25, -0.2) is 14.5 Å². The van der Waals surface area contributed by atoms with Gasteiger partial charge in [0.25, 0.3) is 0 Å². The van der Waals surface area contributed by atoms with Crippen LogP contribution in [-0.2, 0) is 22.1 Å². The quantitative estimate of drug-likeness (QED) is 0.699. The van der Waals surface area contributed by atoms with Crippen molar-refractivity contribution >= 4 is 33.5 Å². The van der Waals surface area contributed by atoms with Gasteiger partial charge in [-0.05, 0) is 66.3 Å². The number of carbonyl (C=O) groups is 2. The summed E-state index contributed by atoms with van der Waals surface area (Å²) >= 11 is 3.35. The van der Waals surface area contributed by atoms with Crippen LogP contribution < -0.4 is 5.32 Å². The van der Waals surface area contributed by atoms with Gasteiger partial charge >= 0.3 is 5.97 Å². The molecule has 10 heteroatoms. The molecular formula is C19H23BrN6O3. The highest BCUT2D eigenvalue weighted by molar-refractivity contribution is 9.10. The Morgan fingerprint density at radius 2 is 1.97 bits per heavy atom. The number of rotatable bonds is 4. The van der Waals surface area contributed by atoms with Gasteiger partial charge in [0.05, 0.1) is 23.8 Å². The van der Waals surface area contributed by atoms with E-state index < -0.39 is 11.4 Å². The zero-order chi connectivity index (χ0) is 20.4. The van der Waals surface area contributed by atoms with E-state index in [-0.39, 0.29) is 17.1 Å². The highest BCUT2D eigenvalue weighted by Crippen LogP contribution is 2.64. The van der Waals surface area contributed by atoms with Crippen molar-refractivity contribution in [1.82, 2.24) is 24.5 Å². The van der Waals surface area contributed by atoms with Crippen LogP contribution in [0.15, 0.2) is 17.3 Å². The Balaban J connectivity index is 1.47. The number of esters is 1. The molecule has 0 saturated heterocycles. The molecule has 4 aliphatic rings. The summed E-state index contributed by atoms with van der Waals surface area (Å²) in [6.07, 6.45) is 9.16. The third-order valence-corrected chi connectivity index (χ3v) is 7.28. The Kier molecular flexibility index (Phi) is 4.13. The molecule has 4 saturated carbocycles. The summed E-state index contributed by atoms with van der Waals surface area (Å²) < 4.78 is 8.86. The number of anilines is 1. The predicted octanol–water partition coefficient (Wildman–Crippen LogP) is 2.49. The van der Waals surface area contributed by atoms with Gasteiger partial charge < -0.3 is 10.1 Å². The molecule has 2 atom stereocenters. The summed E-state index contributed by atoms with van der Waals surface area (Å²) in [4.78, 5) is 29.9. The molecule has 154 valence electrons. The number of methoxy groups -OCH3 is 1. The Hall–Kier alpha value is -2.23. The van der Waals surface area contributed by atoms with Crippen molar-refractivity contribution in [1.29, 1.82) is 0 Å². The van der Waals surface area contributed by atoms with Crippen molar-refractivity contribution < 1.29 is 14.3 Å². The molecule has 0 aliphatic heterocycles. The predicted molar refractivity (Wildman–Crippen MR) is 106 cm³/mol. The number of ether oxygens (including phenoxy) is 1. The minimum absolute atomic E-state index is 0.0340. The molecule has 0 radical (unpaired) electrons. The second-order valence-electron chi connectivity index (χ2n) is 8.93. The molecule has 2 aromatic heterocycles. The molecular weight excluding hydrogens is 440 g/mol. The first-order valence-electron chi connectivity index (χ1n) is 9.84. The number of nitrogens with one attached hydrogen (secondary N) is 1. The Bertz CT molecular complexity index is 984. The summed E-state index contributed by atoms with van der Waals surface area (Å²) in [7, 11) is 3.02. The fraction of sp³-hybridized carbons (Fsp3) is 0.632. The van der Waals surface area contributed by atoms with Crippen LogP contribution in [0.25, 0.3) is 0 Å². The van der Waals surface area contributed by atoms with Gasteiger partial charge in [0.1, 0.15) is 6.33 Å². The summed E-state index contributed by atoms with van der Waals surface area (Å²) in [5, 5.41) is 11.7. The van der Waals surface area contributed by atoms with Gasteiger partial charge in [-0.2, -0.15) is 5.10 Å². The van der Waals surface area contributed by atoms with Crippen molar-refractivity contribution in [3.8, 4) is 0 Å². The molecule has 4 aliphatic carbocycles. The highest BCUT2D eigenvalue weighted by Gasteiger charge is 2.61. The summed E-state index contributed by atoms with van der Waals surface area (Å²) in [6.45, 7) is 0. The Morgan fingerprint density at radius 3 is 2.59 bits per heavy atom. The van der Waals surface area contributed by atoms with E-state index in [4.69, 9.17) is 4.74 Å². The maximum Gasteiger partial charge on any atom is 0.360 e. The highest BCUT2D eigenvalue weighted by atomic mass is 79.9. The first-order chi connectivity index (χ1) is 13.8. The molecule has 9 nitrogen and oxygen atoms in total. The molecule has 0 aromatic carbocycles. The lowest BCUT2D eigenvalue weighted by Crippen LogP contribution is -2.60. The van der Waals surface area contributed by atoms with E-state index in [1.807, 2.05) is 4.68 Å². The van der Waals surface area contributed by atoms with Crippen molar-refractivity contribution in [2.24, 2.45) is 24.3 Å². The lowest BCUT2D eigenvalue weighted by atomic mass is 9.46. The van der Waals surface area contributed by atoms with E-state index >= 15 is 0 Å². The monoisotopic (exact) mass is 462 g/mol. The van der Waals surface area contributed by atoms with Crippen molar-refractivity contribution in [3.63, 3.8) is 0 Å². The second-order valence-corrected chi connectivity index (χ2v) is 9.64. The average Bonchev–Trinajstić information content (AvgIpc) is 3.26. The van der Waals surface area contributed by atoms with Crippen LogP contribution >= 0.6 is 15.9 Å². The summed E-state index contributed by atoms with van der Waals surface area (Å²) in [5.74, 6) is 0.404. The normalized spacial score (nSPS) is 32.4. The van der Waals surface area contributed by atoms with E-state index in [9.17, 15) is 9.59 Å². The van der Waals surface area contributed by atoms with Crippen LogP contribution in [0, 0.1) is 17.3 Å². The zero-order valence-corrected chi connectivity index (χ0v) is 18.0. The van der Waals surface area contributed by atoms with Gasteiger partial charge in [0.2, 0.25) is 10.6 Å². The Morgan fingerprint density at radius 1 is 1.24 bits per heavy atom. The molecule has 4 fully saturated rings. The second kappa shape index (κ2) is 6.38. The standard InChI is InChI=1S/C19H23BrN6O3/c1-25-8-13(14(23-25)15(27)29-2)22-16(28)18-4-11-3-12(5-18)7-19(6-11,9-18)26-10-21-17(20)24-26/h8,10-12H,3-7,9H2,1-2H3,(H,22,28). The van der Waals surface area contributed by atoms with E-state index in [1.54, 1.807) is 19.6 Å². The van der Waals surface area contributed by atoms with Crippen LogP contribution in [0.1, 0.15) is 49.0 Å². The SMILES string of the molecule is COC(=O)c1nn(C)cc1NC(=O)C12CC3CC(C1)CC(n1cnc(Br)n1)(C3)C2. The number of aryl methyl sites for hydroxylation is 1. The van der Waals surface area contributed by atoms with Crippen LogP contribution in [-0.4, -0.2) is 43.5 Å². The lowest BCUT2D eigenvalue weighted by molar-refractivity contribution is -0.150. The van der Waals surface area contributed by atoms with Gasteiger partial charge in [-0.3, -0.25) is 9.48 Å². The number of nitrogens with zero attached hydrogens (tertiary/aromatic N) is 5. The van der Waals surface area contributed by atoms with E-state index in [0.717, 1.165) is 32.1 Å². The number of amides is 1. The van der Waals surface area contributed by atoms with E-state index in [1.165, 1.54) is 18.2 Å². The van der Waals surface area contributed by atoms with E-state index in [0.29, 0.717) is 22.3 Å². The first-order valence-corrected chi connectivity index (χ1v) is 10.6. The molecule has 0 spiro atoms. The summed E-state index contributed by atoms with van der Waals surface area (Å²) in [5.41, 5.74) is -0.104. The largest absolute Gasteiger partial charge is 0.464 e. The average molecular weight is 463 g/mol. The van der Waals surface area contributed by atoms with Crippen molar-refractivity contribution in [3.05, 3.63) is 23.0 Å². The molecule has 29 heavy (non-hydrogen) atoms. The number of carbonyl (C=O) groups excluding carboxylic acids is 2. The fourth-order valence-electron chi connectivity index (χ4n) is 6.30. The molecule has 2 heterocycles. The minimum atomic E-state index is -0.560.